The molecule has 4 heteroatoms. The Morgan fingerprint density at radius 1 is 1.16 bits per heavy atom. The third-order valence-electron chi connectivity index (χ3n) is 3.39. The lowest BCUT2D eigenvalue weighted by atomic mass is 9.81. The van der Waals surface area contributed by atoms with E-state index in [0.717, 1.165) is 19.5 Å². The van der Waals surface area contributed by atoms with Crippen molar-refractivity contribution in [2.75, 3.05) is 26.8 Å². The molecule has 2 nitrogen and oxygen atoms in total. The summed E-state index contributed by atoms with van der Waals surface area (Å²) < 4.78 is 32.5. The summed E-state index contributed by atoms with van der Waals surface area (Å²) in [5.41, 5.74) is 0.373. The highest BCUT2D eigenvalue weighted by atomic mass is 19.1. The Hall–Kier alpha value is -1.00. The van der Waals surface area contributed by atoms with Gasteiger partial charge in [0.05, 0.1) is 6.61 Å². The number of rotatable bonds is 7. The quantitative estimate of drug-likeness (QED) is 0.769. The van der Waals surface area contributed by atoms with Gasteiger partial charge in [-0.25, -0.2) is 8.78 Å². The van der Waals surface area contributed by atoms with Gasteiger partial charge >= 0.3 is 0 Å². The molecule has 1 aromatic rings. The van der Waals surface area contributed by atoms with E-state index in [1.165, 1.54) is 12.1 Å². The van der Waals surface area contributed by atoms with Gasteiger partial charge in [0.15, 0.2) is 0 Å². The molecule has 0 heterocycles. The molecule has 0 unspecified atom stereocenters. The van der Waals surface area contributed by atoms with Gasteiger partial charge in [0.25, 0.3) is 0 Å². The summed E-state index contributed by atoms with van der Waals surface area (Å²) in [6.45, 7) is 7.58. The summed E-state index contributed by atoms with van der Waals surface area (Å²) in [6.07, 6.45) is 0.732. The minimum Gasteiger partial charge on any atom is -0.383 e. The predicted octanol–water partition coefficient (Wildman–Crippen LogP) is 3.18. The van der Waals surface area contributed by atoms with Gasteiger partial charge in [-0.3, -0.25) is 0 Å². The number of ether oxygens (including phenoxy) is 1. The number of benzene rings is 1. The number of nitrogens with one attached hydrogen (secondary N) is 1. The van der Waals surface area contributed by atoms with Gasteiger partial charge in [-0.15, -0.1) is 0 Å². The Kier molecular flexibility index (Phi) is 5.88. The number of hydrogen-bond donors (Lipinski definition) is 1. The first-order chi connectivity index (χ1) is 8.88. The van der Waals surface area contributed by atoms with E-state index >= 15 is 0 Å². The zero-order valence-electron chi connectivity index (χ0n) is 12.1. The molecule has 108 valence electrons. The molecule has 1 aromatic carbocycles. The largest absolute Gasteiger partial charge is 0.383 e. The highest BCUT2D eigenvalue weighted by molar-refractivity contribution is 5.30. The molecule has 0 saturated carbocycles. The van der Waals surface area contributed by atoms with Gasteiger partial charge < -0.3 is 10.1 Å². The lowest BCUT2D eigenvalue weighted by Crippen LogP contribution is -2.28. The number of aryl methyl sites for hydroxylation is 1. The van der Waals surface area contributed by atoms with Crippen LogP contribution in [0.5, 0.6) is 0 Å². The van der Waals surface area contributed by atoms with Gasteiger partial charge in [-0.2, -0.15) is 0 Å². The van der Waals surface area contributed by atoms with Crippen molar-refractivity contribution in [1.82, 2.24) is 5.32 Å². The maximum atomic E-state index is 13.9. The number of hydrogen-bond acceptors (Lipinski definition) is 2. The second kappa shape index (κ2) is 6.96. The van der Waals surface area contributed by atoms with Crippen molar-refractivity contribution in [3.05, 3.63) is 34.9 Å². The van der Waals surface area contributed by atoms with E-state index in [1.54, 1.807) is 14.0 Å². The van der Waals surface area contributed by atoms with Crippen LogP contribution in [0.25, 0.3) is 0 Å². The molecule has 0 aliphatic heterocycles. The van der Waals surface area contributed by atoms with Crippen LogP contribution in [0.2, 0.25) is 0 Å². The molecule has 0 fully saturated rings. The van der Waals surface area contributed by atoms with E-state index < -0.39 is 5.41 Å². The predicted molar refractivity (Wildman–Crippen MR) is 73.5 cm³/mol. The van der Waals surface area contributed by atoms with Crippen LogP contribution in [0.4, 0.5) is 8.78 Å². The van der Waals surface area contributed by atoms with Crippen LogP contribution in [0, 0.1) is 18.6 Å². The summed E-state index contributed by atoms with van der Waals surface area (Å²) in [5, 5.41) is 3.22. The van der Waals surface area contributed by atoms with Crippen molar-refractivity contribution in [2.45, 2.75) is 32.6 Å². The van der Waals surface area contributed by atoms with Crippen molar-refractivity contribution in [3.8, 4) is 0 Å². The Labute approximate surface area is 114 Å². The maximum Gasteiger partial charge on any atom is 0.127 e. The van der Waals surface area contributed by atoms with E-state index in [4.69, 9.17) is 4.74 Å². The molecule has 1 N–H and O–H groups in total. The Bertz CT molecular complexity index is 419. The summed E-state index contributed by atoms with van der Waals surface area (Å²) in [4.78, 5) is 0. The standard InChI is InChI=1S/C15H23F2NO/c1-11-9-14(17)12(10-13(11)16)15(2,3)5-6-18-7-8-19-4/h9-10,18H,5-8H2,1-4H3. The maximum absolute atomic E-state index is 13.9. The molecule has 0 aliphatic rings. The van der Waals surface area contributed by atoms with E-state index in [-0.39, 0.29) is 11.6 Å². The van der Waals surface area contributed by atoms with Crippen molar-refractivity contribution in [2.24, 2.45) is 0 Å². The van der Waals surface area contributed by atoms with Gasteiger partial charge in [-0.1, -0.05) is 13.8 Å². The Morgan fingerprint density at radius 2 is 1.84 bits per heavy atom. The summed E-state index contributed by atoms with van der Waals surface area (Å²) in [5.74, 6) is -0.683. The molecule has 1 rings (SSSR count). The molecule has 19 heavy (non-hydrogen) atoms. The third-order valence-corrected chi connectivity index (χ3v) is 3.39. The molecule has 0 atom stereocenters. The third kappa shape index (κ3) is 4.55. The first-order valence-corrected chi connectivity index (χ1v) is 6.54. The first-order valence-electron chi connectivity index (χ1n) is 6.54. The summed E-state index contributed by atoms with van der Waals surface area (Å²) in [6, 6.07) is 2.59. The highest BCUT2D eigenvalue weighted by Gasteiger charge is 2.24. The molecule has 0 bridgehead atoms. The molecule has 0 amide bonds. The molecule has 0 spiro atoms. The van der Waals surface area contributed by atoms with Gasteiger partial charge in [0.1, 0.15) is 11.6 Å². The van der Waals surface area contributed by atoms with Crippen molar-refractivity contribution < 1.29 is 13.5 Å². The van der Waals surface area contributed by atoms with E-state index in [1.807, 2.05) is 13.8 Å². The lowest BCUT2D eigenvalue weighted by molar-refractivity contribution is 0.198. The van der Waals surface area contributed by atoms with Crippen LogP contribution in [-0.2, 0) is 10.2 Å². The minimum atomic E-state index is -0.404. The summed E-state index contributed by atoms with van der Waals surface area (Å²) >= 11 is 0. The average Bonchev–Trinajstić information content (AvgIpc) is 2.33. The van der Waals surface area contributed by atoms with Crippen LogP contribution < -0.4 is 5.32 Å². The zero-order chi connectivity index (χ0) is 14.5. The fraction of sp³-hybridized carbons (Fsp3) is 0.600. The monoisotopic (exact) mass is 271 g/mol. The van der Waals surface area contributed by atoms with Crippen LogP contribution >= 0.6 is 0 Å². The normalized spacial score (nSPS) is 11.9. The minimum absolute atomic E-state index is 0.333. The lowest BCUT2D eigenvalue weighted by Gasteiger charge is -2.26. The molecule has 0 aromatic heterocycles. The topological polar surface area (TPSA) is 21.3 Å². The SMILES string of the molecule is COCCNCCC(C)(C)c1cc(F)c(C)cc1F. The number of methoxy groups -OCH3 is 1. The molecule has 0 radical (unpaired) electrons. The highest BCUT2D eigenvalue weighted by Crippen LogP contribution is 2.30. The van der Waals surface area contributed by atoms with Crippen LogP contribution in [0.1, 0.15) is 31.4 Å². The van der Waals surface area contributed by atoms with Gasteiger partial charge in [-0.05, 0) is 48.6 Å². The van der Waals surface area contributed by atoms with E-state index in [2.05, 4.69) is 5.32 Å². The smallest absolute Gasteiger partial charge is 0.127 e. The Morgan fingerprint density at radius 3 is 2.47 bits per heavy atom. The number of halogens is 2. The second-order valence-corrected chi connectivity index (χ2v) is 5.46. The van der Waals surface area contributed by atoms with Crippen LogP contribution in [0.3, 0.4) is 0 Å². The fourth-order valence-corrected chi connectivity index (χ4v) is 2.00. The van der Waals surface area contributed by atoms with E-state index in [0.29, 0.717) is 17.7 Å². The molecule has 0 aliphatic carbocycles. The molecule has 0 saturated heterocycles. The van der Waals surface area contributed by atoms with Gasteiger partial charge in [0, 0.05) is 13.7 Å². The van der Waals surface area contributed by atoms with Crippen LogP contribution in [-0.4, -0.2) is 26.8 Å². The summed E-state index contributed by atoms with van der Waals surface area (Å²) in [7, 11) is 1.65. The van der Waals surface area contributed by atoms with Crippen molar-refractivity contribution >= 4 is 0 Å². The average molecular weight is 271 g/mol. The molecular weight excluding hydrogens is 248 g/mol. The van der Waals surface area contributed by atoms with Crippen LogP contribution in [0.15, 0.2) is 12.1 Å². The fourth-order valence-electron chi connectivity index (χ4n) is 2.00. The zero-order valence-corrected chi connectivity index (χ0v) is 12.1. The molecular formula is C15H23F2NO. The van der Waals surface area contributed by atoms with Crippen molar-refractivity contribution in [1.29, 1.82) is 0 Å². The van der Waals surface area contributed by atoms with Gasteiger partial charge in [0.2, 0.25) is 0 Å². The van der Waals surface area contributed by atoms with E-state index in [9.17, 15) is 8.78 Å². The second-order valence-electron chi connectivity index (χ2n) is 5.46. The van der Waals surface area contributed by atoms with Crippen molar-refractivity contribution in [3.63, 3.8) is 0 Å². The first kappa shape index (κ1) is 16.1. The Balaban J connectivity index is 2.68.